The van der Waals surface area contributed by atoms with Crippen LogP contribution in [0, 0.1) is 5.41 Å². The highest BCUT2D eigenvalue weighted by Gasteiger charge is 2.50. The number of sulfone groups is 1. The molecule has 2 aliphatic rings. The van der Waals surface area contributed by atoms with Crippen LogP contribution in [0.4, 0.5) is 18.0 Å². The van der Waals surface area contributed by atoms with E-state index in [1.165, 1.54) is 0 Å². The first-order chi connectivity index (χ1) is 16.3. The number of carboxylic acid groups (broad SMARTS) is 1. The number of likely N-dealkylation sites (tertiary alicyclic amines) is 1. The van der Waals surface area contributed by atoms with Crippen LogP contribution in [-0.4, -0.2) is 48.3 Å². The zero-order chi connectivity index (χ0) is 25.6. The zero-order valence-corrected chi connectivity index (χ0v) is 20.2. The topological polar surface area (TPSA) is 96.8 Å². The van der Waals surface area contributed by atoms with Gasteiger partial charge in [-0.3, -0.25) is 4.98 Å². The summed E-state index contributed by atoms with van der Waals surface area (Å²) in [7, 11) is -3.81. The summed E-state index contributed by atoms with van der Waals surface area (Å²) in [5.41, 5.74) is 0.229. The fraction of sp³-hybridized carbons (Fsp3) is 0.500. The highest BCUT2D eigenvalue weighted by molar-refractivity contribution is 7.90. The molecule has 1 aromatic heterocycles. The van der Waals surface area contributed by atoms with E-state index >= 15 is 0 Å². The summed E-state index contributed by atoms with van der Waals surface area (Å²) in [6, 6.07) is 6.15. The lowest BCUT2D eigenvalue weighted by molar-refractivity contribution is -0.139. The second-order valence-corrected chi connectivity index (χ2v) is 11.7. The first-order valence-electron chi connectivity index (χ1n) is 11.3. The number of carbonyl (C=O) groups is 1. The van der Waals surface area contributed by atoms with E-state index in [9.17, 15) is 31.5 Å². The molecule has 2 aromatic rings. The van der Waals surface area contributed by atoms with Gasteiger partial charge in [-0.15, -0.1) is 0 Å². The third-order valence-corrected chi connectivity index (χ3v) is 8.18. The van der Waals surface area contributed by atoms with Gasteiger partial charge in [0, 0.05) is 25.0 Å². The Bertz CT molecular complexity index is 1210. The average molecular weight is 513 g/mol. The Morgan fingerprint density at radius 2 is 1.97 bits per heavy atom. The molecule has 2 unspecified atom stereocenters. The van der Waals surface area contributed by atoms with Crippen LogP contribution in [0.1, 0.15) is 55.3 Å². The standard InChI is InChI=1S/C24H27F3N2O5S/c1-23(8-9-23)21-11-15(7-10-29(21)22(30)31)16-3-4-17(28-13-16)14-34-20-6-5-18(35(2,32)33)12-19(20)24(25,26)27/h3-6,12-13,15,21H,7-11,14H2,1-2H3,(H,30,31). The van der Waals surface area contributed by atoms with Crippen LogP contribution in [0.5, 0.6) is 5.75 Å². The second kappa shape index (κ2) is 9.00. The average Bonchev–Trinajstić information content (AvgIpc) is 3.54. The van der Waals surface area contributed by atoms with E-state index in [0.29, 0.717) is 31.1 Å². The summed E-state index contributed by atoms with van der Waals surface area (Å²) >= 11 is 0. The van der Waals surface area contributed by atoms with Crippen molar-refractivity contribution < 1.29 is 36.2 Å². The Morgan fingerprint density at radius 1 is 1.26 bits per heavy atom. The first-order valence-corrected chi connectivity index (χ1v) is 13.2. The fourth-order valence-electron chi connectivity index (χ4n) is 4.69. The molecule has 1 saturated heterocycles. The van der Waals surface area contributed by atoms with Gasteiger partial charge in [0.15, 0.2) is 9.84 Å². The van der Waals surface area contributed by atoms with Crippen LogP contribution in [0.25, 0.3) is 0 Å². The number of hydrogen-bond donors (Lipinski definition) is 1. The van der Waals surface area contributed by atoms with Crippen molar-refractivity contribution in [1.82, 2.24) is 9.88 Å². The van der Waals surface area contributed by atoms with Crippen molar-refractivity contribution in [3.63, 3.8) is 0 Å². The Kier molecular flexibility index (Phi) is 6.50. The van der Waals surface area contributed by atoms with Gasteiger partial charge in [0.25, 0.3) is 0 Å². The van der Waals surface area contributed by atoms with Crippen molar-refractivity contribution in [2.75, 3.05) is 12.8 Å². The lowest BCUT2D eigenvalue weighted by Gasteiger charge is -2.41. The molecule has 11 heteroatoms. The van der Waals surface area contributed by atoms with Crippen molar-refractivity contribution in [3.8, 4) is 5.75 Å². The number of ether oxygens (including phenoxy) is 1. The molecule has 0 spiro atoms. The van der Waals surface area contributed by atoms with Crippen LogP contribution in [-0.2, 0) is 22.6 Å². The van der Waals surface area contributed by atoms with Crippen molar-refractivity contribution in [2.45, 2.75) is 62.2 Å². The second-order valence-electron chi connectivity index (χ2n) is 9.67. The minimum atomic E-state index is -4.78. The van der Waals surface area contributed by atoms with Crippen LogP contribution >= 0.6 is 0 Å². The van der Waals surface area contributed by atoms with Crippen LogP contribution in [0.2, 0.25) is 0 Å². The molecule has 2 atom stereocenters. The molecule has 1 saturated carbocycles. The number of aromatic nitrogens is 1. The molecule has 1 N–H and O–H groups in total. The van der Waals surface area contributed by atoms with Crippen molar-refractivity contribution >= 4 is 15.9 Å². The number of piperidine rings is 1. The summed E-state index contributed by atoms with van der Waals surface area (Å²) in [6.45, 7) is 2.35. The molecule has 7 nitrogen and oxygen atoms in total. The molecular weight excluding hydrogens is 485 g/mol. The van der Waals surface area contributed by atoms with Gasteiger partial charge in [0.2, 0.25) is 0 Å². The molecule has 1 amide bonds. The maximum Gasteiger partial charge on any atom is 0.420 e. The van der Waals surface area contributed by atoms with E-state index in [1.807, 2.05) is 6.07 Å². The van der Waals surface area contributed by atoms with Crippen molar-refractivity contribution in [1.29, 1.82) is 0 Å². The smallest absolute Gasteiger partial charge is 0.420 e. The van der Waals surface area contributed by atoms with E-state index in [-0.39, 0.29) is 24.0 Å². The van der Waals surface area contributed by atoms with Gasteiger partial charge in [-0.2, -0.15) is 13.2 Å². The fourth-order valence-corrected chi connectivity index (χ4v) is 5.34. The molecule has 1 aliphatic heterocycles. The van der Waals surface area contributed by atoms with Gasteiger partial charge in [0.1, 0.15) is 12.4 Å². The highest BCUT2D eigenvalue weighted by atomic mass is 32.2. The van der Waals surface area contributed by atoms with Gasteiger partial charge in [0.05, 0.1) is 16.2 Å². The first kappa shape index (κ1) is 25.3. The van der Waals surface area contributed by atoms with E-state index < -0.39 is 38.3 Å². The zero-order valence-electron chi connectivity index (χ0n) is 19.4. The lowest BCUT2D eigenvalue weighted by Crippen LogP contribution is -2.49. The summed E-state index contributed by atoms with van der Waals surface area (Å²) in [5, 5.41) is 9.57. The maximum atomic E-state index is 13.5. The number of hydrogen-bond acceptors (Lipinski definition) is 5. The number of pyridine rings is 1. The molecule has 2 fully saturated rings. The predicted molar refractivity (Wildman–Crippen MR) is 121 cm³/mol. The third-order valence-electron chi connectivity index (χ3n) is 7.07. The molecule has 1 aliphatic carbocycles. The minimum absolute atomic E-state index is 0.0150. The van der Waals surface area contributed by atoms with Gasteiger partial charge in [-0.05, 0) is 66.8 Å². The number of nitrogens with zero attached hydrogens (tertiary/aromatic N) is 2. The van der Waals surface area contributed by atoms with E-state index in [1.54, 1.807) is 17.2 Å². The normalized spacial score (nSPS) is 22.0. The number of benzene rings is 1. The highest BCUT2D eigenvalue weighted by Crippen LogP contribution is 2.54. The summed E-state index contributed by atoms with van der Waals surface area (Å²) in [5.74, 6) is -0.326. The quantitative estimate of drug-likeness (QED) is 0.578. The van der Waals surface area contributed by atoms with Crippen LogP contribution in [0.15, 0.2) is 41.4 Å². The molecule has 190 valence electrons. The molecular formula is C24H27F3N2O5S. The Morgan fingerprint density at radius 3 is 2.51 bits per heavy atom. The van der Waals surface area contributed by atoms with Gasteiger partial charge in [-0.1, -0.05) is 13.0 Å². The predicted octanol–water partition coefficient (Wildman–Crippen LogP) is 5.11. The number of amides is 1. The van der Waals surface area contributed by atoms with Gasteiger partial charge in [-0.25, -0.2) is 13.2 Å². The number of halogens is 3. The monoisotopic (exact) mass is 512 g/mol. The number of alkyl halides is 3. The largest absolute Gasteiger partial charge is 0.487 e. The van der Waals surface area contributed by atoms with Crippen LogP contribution in [0.3, 0.4) is 0 Å². The van der Waals surface area contributed by atoms with Crippen molar-refractivity contribution in [3.05, 3.63) is 53.3 Å². The van der Waals surface area contributed by atoms with E-state index in [2.05, 4.69) is 11.9 Å². The van der Waals surface area contributed by atoms with Crippen LogP contribution < -0.4 is 4.74 Å². The Balaban J connectivity index is 1.46. The van der Waals surface area contributed by atoms with Gasteiger partial charge >= 0.3 is 12.3 Å². The minimum Gasteiger partial charge on any atom is -0.487 e. The Labute approximate surface area is 201 Å². The lowest BCUT2D eigenvalue weighted by atomic mass is 9.80. The Hall–Kier alpha value is -2.82. The van der Waals surface area contributed by atoms with Gasteiger partial charge < -0.3 is 14.7 Å². The summed E-state index contributed by atoms with van der Waals surface area (Å²) in [6.07, 6.45) is 0.237. The van der Waals surface area contributed by atoms with E-state index in [4.69, 9.17) is 4.74 Å². The van der Waals surface area contributed by atoms with Crippen molar-refractivity contribution in [2.24, 2.45) is 5.41 Å². The SMILES string of the molecule is CC1(C2CC(c3ccc(COc4ccc(S(C)(=O)=O)cc4C(F)(F)F)nc3)CCN2C(=O)O)CC1. The maximum absolute atomic E-state index is 13.5. The molecule has 4 rings (SSSR count). The summed E-state index contributed by atoms with van der Waals surface area (Å²) < 4.78 is 69.1. The molecule has 35 heavy (non-hydrogen) atoms. The number of rotatable bonds is 6. The molecule has 0 radical (unpaired) electrons. The molecule has 0 bridgehead atoms. The molecule has 1 aromatic carbocycles. The third kappa shape index (κ3) is 5.55. The summed E-state index contributed by atoms with van der Waals surface area (Å²) in [4.78, 5) is 17.1. The molecule has 2 heterocycles. The van der Waals surface area contributed by atoms with E-state index in [0.717, 1.165) is 36.8 Å².